The van der Waals surface area contributed by atoms with Crippen molar-refractivity contribution in [3.8, 4) is 11.8 Å². The largest absolute Gasteiger partial charge is 0.507 e. The number of hydrogen-bond acceptors (Lipinski definition) is 7. The van der Waals surface area contributed by atoms with Gasteiger partial charge in [0.15, 0.2) is 0 Å². The van der Waals surface area contributed by atoms with Gasteiger partial charge in [-0.05, 0) is 47.9 Å². The fourth-order valence-corrected chi connectivity index (χ4v) is 3.80. The van der Waals surface area contributed by atoms with Crippen molar-refractivity contribution in [3.63, 3.8) is 0 Å². The molecule has 4 N–H and O–H groups in total. The fraction of sp³-hybridized carbons (Fsp3) is 0. The lowest BCUT2D eigenvalue weighted by Gasteiger charge is -2.13. The number of nitrogens with zero attached hydrogens (tertiary/aromatic N) is 1. The molecule has 12 heteroatoms. The minimum absolute atomic E-state index is 0.105. The average Bonchev–Trinajstić information content (AvgIpc) is 2.66. The highest BCUT2D eigenvalue weighted by Crippen LogP contribution is 2.36. The SMILES string of the molecule is N#Cc1ccc(C(=O)Nc2cc(S(=O)(=O)O)cc3cc(S(=O)(=O)O)cc(O)c23)cc1. The Hall–Kier alpha value is -3.50. The highest BCUT2D eigenvalue weighted by Gasteiger charge is 2.21. The van der Waals surface area contributed by atoms with Crippen LogP contribution in [0.1, 0.15) is 15.9 Å². The topological polar surface area (TPSA) is 182 Å². The molecule has 0 heterocycles. The summed E-state index contributed by atoms with van der Waals surface area (Å²) in [7, 11) is -9.50. The van der Waals surface area contributed by atoms with Crippen LogP contribution in [0.5, 0.6) is 5.75 Å². The number of hydrogen-bond donors (Lipinski definition) is 4. The van der Waals surface area contributed by atoms with Crippen LogP contribution in [0.15, 0.2) is 58.3 Å². The van der Waals surface area contributed by atoms with Gasteiger partial charge in [0.2, 0.25) is 0 Å². The van der Waals surface area contributed by atoms with Gasteiger partial charge < -0.3 is 10.4 Å². The molecule has 0 saturated heterocycles. The third kappa shape index (κ3) is 4.24. The second kappa shape index (κ2) is 7.39. The second-order valence-corrected chi connectivity index (χ2v) is 8.95. The number of anilines is 1. The number of phenolic OH excluding ortho intramolecular Hbond substituents is 1. The van der Waals surface area contributed by atoms with E-state index in [2.05, 4.69) is 5.32 Å². The first-order valence-corrected chi connectivity index (χ1v) is 10.9. The van der Waals surface area contributed by atoms with Gasteiger partial charge in [-0.25, -0.2) is 0 Å². The van der Waals surface area contributed by atoms with E-state index in [1.165, 1.54) is 24.3 Å². The molecule has 0 radical (unpaired) electrons. The Kier molecular flexibility index (Phi) is 5.23. The summed E-state index contributed by atoms with van der Waals surface area (Å²) in [5.74, 6) is -1.40. The molecule has 154 valence electrons. The first-order chi connectivity index (χ1) is 13.9. The third-order valence-electron chi connectivity index (χ3n) is 4.10. The fourth-order valence-electron chi connectivity index (χ4n) is 2.73. The highest BCUT2D eigenvalue weighted by atomic mass is 32.2. The monoisotopic (exact) mass is 448 g/mol. The van der Waals surface area contributed by atoms with E-state index in [1.54, 1.807) is 0 Å². The van der Waals surface area contributed by atoms with Gasteiger partial charge in [0.05, 0.1) is 27.1 Å². The number of carbonyl (C=O) groups is 1. The number of nitriles is 1. The summed E-state index contributed by atoms with van der Waals surface area (Å²) >= 11 is 0. The molecule has 3 aromatic carbocycles. The number of aromatic hydroxyl groups is 1. The zero-order valence-corrected chi connectivity index (χ0v) is 16.4. The van der Waals surface area contributed by atoms with Crippen LogP contribution in [-0.4, -0.2) is 37.0 Å². The van der Waals surface area contributed by atoms with Gasteiger partial charge in [-0.3, -0.25) is 13.9 Å². The number of amides is 1. The lowest BCUT2D eigenvalue weighted by molar-refractivity contribution is 0.102. The van der Waals surface area contributed by atoms with Gasteiger partial charge in [-0.1, -0.05) is 0 Å². The molecule has 0 aliphatic heterocycles. The summed E-state index contributed by atoms with van der Waals surface area (Å²) in [4.78, 5) is 11.1. The Morgan fingerprint density at radius 2 is 1.43 bits per heavy atom. The summed E-state index contributed by atoms with van der Waals surface area (Å²) in [6, 6.07) is 10.7. The molecule has 3 rings (SSSR count). The van der Waals surface area contributed by atoms with E-state index in [4.69, 9.17) is 5.26 Å². The highest BCUT2D eigenvalue weighted by molar-refractivity contribution is 7.86. The summed E-state index contributed by atoms with van der Waals surface area (Å²) < 4.78 is 64.6. The number of carbonyl (C=O) groups excluding carboxylic acids is 1. The molecule has 0 aliphatic carbocycles. The maximum absolute atomic E-state index is 12.5. The lowest BCUT2D eigenvalue weighted by atomic mass is 10.1. The van der Waals surface area contributed by atoms with Crippen LogP contribution < -0.4 is 5.32 Å². The quantitative estimate of drug-likeness (QED) is 0.435. The molecule has 1 amide bonds. The summed E-state index contributed by atoms with van der Waals surface area (Å²) in [5.41, 5.74) is 0.170. The van der Waals surface area contributed by atoms with Crippen molar-refractivity contribution in [1.29, 1.82) is 5.26 Å². The smallest absolute Gasteiger partial charge is 0.294 e. The Bertz CT molecular complexity index is 1430. The minimum atomic E-state index is -4.77. The first-order valence-electron chi connectivity index (χ1n) is 7.97. The van der Waals surface area contributed by atoms with E-state index in [9.17, 15) is 35.8 Å². The number of rotatable bonds is 4. The number of phenols is 1. The van der Waals surface area contributed by atoms with E-state index in [1.807, 2.05) is 6.07 Å². The van der Waals surface area contributed by atoms with E-state index < -0.39 is 41.7 Å². The molecule has 0 spiro atoms. The van der Waals surface area contributed by atoms with Crippen LogP contribution in [0.2, 0.25) is 0 Å². The maximum Gasteiger partial charge on any atom is 0.294 e. The van der Waals surface area contributed by atoms with Crippen molar-refractivity contribution in [2.75, 3.05) is 5.32 Å². The van der Waals surface area contributed by atoms with Crippen molar-refractivity contribution >= 4 is 42.6 Å². The van der Waals surface area contributed by atoms with E-state index in [0.717, 1.165) is 24.3 Å². The van der Waals surface area contributed by atoms with Gasteiger partial charge in [-0.15, -0.1) is 0 Å². The van der Waals surface area contributed by atoms with Crippen LogP contribution in [0.3, 0.4) is 0 Å². The Balaban J connectivity index is 2.21. The maximum atomic E-state index is 12.5. The second-order valence-electron chi connectivity index (χ2n) is 6.10. The molecule has 3 aromatic rings. The molecule has 0 bridgehead atoms. The third-order valence-corrected chi connectivity index (χ3v) is 5.76. The molecular weight excluding hydrogens is 436 g/mol. The molecule has 0 aliphatic rings. The number of fused-ring (bicyclic) bond motifs is 1. The van der Waals surface area contributed by atoms with Crippen LogP contribution in [-0.2, 0) is 20.2 Å². The minimum Gasteiger partial charge on any atom is -0.507 e. The molecule has 0 atom stereocenters. The first kappa shape index (κ1) is 21.2. The number of nitrogens with one attached hydrogen (secondary N) is 1. The van der Waals surface area contributed by atoms with Gasteiger partial charge in [0.1, 0.15) is 5.75 Å². The molecular formula is C18H12N2O8S2. The Morgan fingerprint density at radius 3 is 1.93 bits per heavy atom. The Morgan fingerprint density at radius 1 is 0.900 bits per heavy atom. The summed E-state index contributed by atoms with van der Waals surface area (Å²) in [6.07, 6.45) is 0. The van der Waals surface area contributed by atoms with E-state index >= 15 is 0 Å². The van der Waals surface area contributed by atoms with Crippen LogP contribution in [0, 0.1) is 11.3 Å². The van der Waals surface area contributed by atoms with Gasteiger partial charge >= 0.3 is 0 Å². The summed E-state index contributed by atoms with van der Waals surface area (Å²) in [6.45, 7) is 0. The van der Waals surface area contributed by atoms with Crippen molar-refractivity contribution in [2.24, 2.45) is 0 Å². The van der Waals surface area contributed by atoms with Crippen LogP contribution in [0.4, 0.5) is 5.69 Å². The van der Waals surface area contributed by atoms with Gasteiger partial charge in [0.25, 0.3) is 26.1 Å². The normalized spacial score (nSPS) is 11.8. The van der Waals surface area contributed by atoms with E-state index in [-0.39, 0.29) is 22.0 Å². The van der Waals surface area contributed by atoms with Crippen LogP contribution >= 0.6 is 0 Å². The molecule has 0 aromatic heterocycles. The van der Waals surface area contributed by atoms with Crippen molar-refractivity contribution in [3.05, 3.63) is 59.7 Å². The van der Waals surface area contributed by atoms with Crippen molar-refractivity contribution < 1.29 is 35.8 Å². The Labute approximate surface area is 170 Å². The molecule has 0 saturated carbocycles. The predicted molar refractivity (Wildman–Crippen MR) is 104 cm³/mol. The van der Waals surface area contributed by atoms with E-state index in [0.29, 0.717) is 5.56 Å². The average molecular weight is 448 g/mol. The molecule has 0 unspecified atom stereocenters. The van der Waals surface area contributed by atoms with Crippen LogP contribution in [0.25, 0.3) is 10.8 Å². The lowest BCUT2D eigenvalue weighted by Crippen LogP contribution is -2.13. The zero-order chi connectivity index (χ0) is 22.3. The predicted octanol–water partition coefficient (Wildman–Crippen LogP) is 2.16. The van der Waals surface area contributed by atoms with Crippen molar-refractivity contribution in [2.45, 2.75) is 9.79 Å². The molecule has 0 fully saturated rings. The molecule has 30 heavy (non-hydrogen) atoms. The number of benzene rings is 3. The summed E-state index contributed by atoms with van der Waals surface area (Å²) in [5, 5.41) is 21.2. The van der Waals surface area contributed by atoms with Gasteiger partial charge in [-0.2, -0.15) is 22.1 Å². The zero-order valence-electron chi connectivity index (χ0n) is 14.8. The van der Waals surface area contributed by atoms with Crippen molar-refractivity contribution in [1.82, 2.24) is 0 Å². The standard InChI is InChI=1S/C18H12N2O8S2/c19-9-10-1-3-11(4-2-10)18(22)20-15-7-13(29(23,24)25)5-12-6-14(30(26,27)28)8-16(21)17(12)15/h1-8,21H,(H,20,22)(H,23,24,25)(H,26,27,28). The molecule has 10 nitrogen and oxygen atoms in total. The van der Waals surface area contributed by atoms with Gasteiger partial charge in [0, 0.05) is 17.0 Å².